The van der Waals surface area contributed by atoms with E-state index in [-0.39, 0.29) is 36.2 Å². The van der Waals surface area contributed by atoms with E-state index in [0.29, 0.717) is 16.9 Å². The summed E-state index contributed by atoms with van der Waals surface area (Å²) >= 11 is 0. The maximum atomic E-state index is 13.8. The van der Waals surface area contributed by atoms with Crippen LogP contribution in [0.2, 0.25) is 0 Å². The van der Waals surface area contributed by atoms with Crippen molar-refractivity contribution in [3.8, 4) is 5.75 Å². The van der Waals surface area contributed by atoms with Crippen molar-refractivity contribution in [3.05, 3.63) is 94.8 Å². The summed E-state index contributed by atoms with van der Waals surface area (Å²) < 4.78 is 29.3. The summed E-state index contributed by atoms with van der Waals surface area (Å²) in [5.41, 5.74) is 1.10. The third-order valence-electron chi connectivity index (χ3n) is 4.85. The Hall–Kier alpha value is -4.40. The van der Waals surface area contributed by atoms with Gasteiger partial charge in [-0.3, -0.25) is 9.69 Å². The summed E-state index contributed by atoms with van der Waals surface area (Å²) in [6.07, 6.45) is 1.51. The lowest BCUT2D eigenvalue weighted by Crippen LogP contribution is -2.30. The monoisotopic (exact) mass is 450 g/mol. The number of benzene rings is 2. The highest BCUT2D eigenvalue weighted by Crippen LogP contribution is 2.21. The molecule has 1 fully saturated rings. The first-order valence-electron chi connectivity index (χ1n) is 9.92. The van der Waals surface area contributed by atoms with E-state index in [1.54, 1.807) is 42.5 Å². The second-order valence-corrected chi connectivity index (χ2v) is 7.09. The predicted octanol–water partition coefficient (Wildman–Crippen LogP) is 3.88. The van der Waals surface area contributed by atoms with Gasteiger partial charge in [-0.15, -0.1) is 0 Å². The van der Waals surface area contributed by atoms with Crippen LogP contribution in [0.25, 0.3) is 6.08 Å². The molecule has 3 amide bonds. The normalized spacial score (nSPS) is 14.5. The first-order valence-corrected chi connectivity index (χ1v) is 9.92. The Bertz CT molecular complexity index is 1250. The first kappa shape index (κ1) is 21.8. The molecule has 0 unspecified atom stereocenters. The summed E-state index contributed by atoms with van der Waals surface area (Å²) in [4.78, 5) is 37.5. The third kappa shape index (κ3) is 4.93. The van der Waals surface area contributed by atoms with Crippen LogP contribution in [-0.2, 0) is 22.7 Å². The number of methoxy groups -OCH3 is 1. The predicted molar refractivity (Wildman–Crippen MR) is 114 cm³/mol. The van der Waals surface area contributed by atoms with Crippen LogP contribution in [0.5, 0.6) is 5.75 Å². The van der Waals surface area contributed by atoms with Crippen molar-refractivity contribution in [2.45, 2.75) is 13.2 Å². The number of ether oxygens (including phenoxy) is 2. The van der Waals surface area contributed by atoms with Crippen molar-refractivity contribution in [1.29, 1.82) is 0 Å². The molecule has 1 aromatic heterocycles. The number of halogens is 1. The van der Waals surface area contributed by atoms with E-state index < -0.39 is 17.9 Å². The van der Waals surface area contributed by atoms with Crippen molar-refractivity contribution in [3.63, 3.8) is 0 Å². The lowest BCUT2D eigenvalue weighted by atomic mass is 10.1. The summed E-state index contributed by atoms with van der Waals surface area (Å²) in [5, 5.41) is 2.52. The number of imide groups is 1. The molecule has 0 aliphatic carbocycles. The summed E-state index contributed by atoms with van der Waals surface area (Å²) in [6.45, 7) is -0.0996. The number of nitrogens with one attached hydrogen (secondary N) is 1. The van der Waals surface area contributed by atoms with Gasteiger partial charge in [-0.2, -0.15) is 0 Å². The largest absolute Gasteiger partial charge is 0.489 e. The average molecular weight is 450 g/mol. The number of nitrogens with zero attached hydrogens (tertiary/aromatic N) is 1. The van der Waals surface area contributed by atoms with Crippen molar-refractivity contribution in [2.24, 2.45) is 0 Å². The van der Waals surface area contributed by atoms with E-state index in [4.69, 9.17) is 9.15 Å². The summed E-state index contributed by atoms with van der Waals surface area (Å²) in [6, 6.07) is 15.4. The molecule has 2 aromatic carbocycles. The van der Waals surface area contributed by atoms with Crippen LogP contribution in [0.1, 0.15) is 27.4 Å². The van der Waals surface area contributed by atoms with Gasteiger partial charge in [-0.25, -0.2) is 14.0 Å². The maximum absolute atomic E-state index is 13.8. The first-order chi connectivity index (χ1) is 15.9. The second kappa shape index (κ2) is 9.39. The molecule has 9 heteroatoms. The third-order valence-corrected chi connectivity index (χ3v) is 4.85. The molecule has 33 heavy (non-hydrogen) atoms. The highest BCUT2D eigenvalue weighted by molar-refractivity contribution is 6.13. The minimum atomic E-state index is -0.656. The molecule has 1 N–H and O–H groups in total. The van der Waals surface area contributed by atoms with Crippen LogP contribution < -0.4 is 10.1 Å². The van der Waals surface area contributed by atoms with Crippen LogP contribution in [0.3, 0.4) is 0 Å². The average Bonchev–Trinajstić information content (AvgIpc) is 3.39. The van der Waals surface area contributed by atoms with Crippen LogP contribution in [-0.4, -0.2) is 29.9 Å². The molecule has 2 heterocycles. The van der Waals surface area contributed by atoms with Crippen LogP contribution in [0.15, 0.2) is 70.8 Å². The topological polar surface area (TPSA) is 98.1 Å². The number of hydrogen-bond acceptors (Lipinski definition) is 6. The number of hydrogen-bond donors (Lipinski definition) is 1. The van der Waals surface area contributed by atoms with Gasteiger partial charge in [0.25, 0.3) is 5.91 Å². The zero-order chi connectivity index (χ0) is 23.4. The Labute approximate surface area is 188 Å². The smallest absolute Gasteiger partial charge is 0.373 e. The molecule has 168 valence electrons. The molecule has 1 saturated heterocycles. The van der Waals surface area contributed by atoms with E-state index >= 15 is 0 Å². The van der Waals surface area contributed by atoms with E-state index in [0.717, 1.165) is 4.90 Å². The number of urea groups is 1. The molecule has 1 aliphatic heterocycles. The molecule has 4 rings (SSSR count). The quantitative estimate of drug-likeness (QED) is 0.333. The Morgan fingerprint density at radius 3 is 2.73 bits per heavy atom. The maximum Gasteiger partial charge on any atom is 0.373 e. The highest BCUT2D eigenvalue weighted by Gasteiger charge is 2.34. The van der Waals surface area contributed by atoms with Gasteiger partial charge >= 0.3 is 12.0 Å². The van der Waals surface area contributed by atoms with Gasteiger partial charge in [0.05, 0.1) is 13.7 Å². The SMILES string of the molecule is COC(=O)c1ccc(CN2C(=O)N/C(=C\c3cccc(OCc4ccccc4F)c3)C2=O)o1. The number of furan rings is 1. The molecule has 0 bridgehead atoms. The van der Waals surface area contributed by atoms with Gasteiger partial charge in [-0.1, -0.05) is 30.3 Å². The molecule has 1 aliphatic rings. The Kier molecular flexibility index (Phi) is 6.21. The summed E-state index contributed by atoms with van der Waals surface area (Å²) in [7, 11) is 1.22. The van der Waals surface area contributed by atoms with Crippen molar-refractivity contribution in [2.75, 3.05) is 7.11 Å². The second-order valence-electron chi connectivity index (χ2n) is 7.09. The Morgan fingerprint density at radius 2 is 1.94 bits per heavy atom. The van der Waals surface area contributed by atoms with Gasteiger partial charge in [0, 0.05) is 5.56 Å². The van der Waals surface area contributed by atoms with E-state index in [9.17, 15) is 18.8 Å². The Balaban J connectivity index is 1.45. The van der Waals surface area contributed by atoms with Gasteiger partial charge in [0.15, 0.2) is 0 Å². The fourth-order valence-electron chi connectivity index (χ4n) is 3.18. The van der Waals surface area contributed by atoms with Gasteiger partial charge in [-0.05, 0) is 42.0 Å². The standard InChI is InChI=1S/C24H19FN2O6/c1-31-23(29)21-10-9-18(33-21)13-27-22(28)20(26-24(27)30)12-15-5-4-7-17(11-15)32-14-16-6-2-3-8-19(16)25/h2-12H,13-14H2,1H3,(H,26,30)/b20-12-. The number of esters is 1. The number of rotatable bonds is 7. The Morgan fingerprint density at radius 1 is 1.12 bits per heavy atom. The van der Waals surface area contributed by atoms with E-state index in [1.807, 2.05) is 0 Å². The van der Waals surface area contributed by atoms with Gasteiger partial charge in [0.1, 0.15) is 29.6 Å². The fraction of sp³-hybridized carbons (Fsp3) is 0.125. The zero-order valence-corrected chi connectivity index (χ0v) is 17.5. The minimum Gasteiger partial charge on any atom is -0.489 e. The van der Waals surface area contributed by atoms with Crippen LogP contribution in [0.4, 0.5) is 9.18 Å². The molecule has 3 aromatic rings. The molecule has 8 nitrogen and oxygen atoms in total. The lowest BCUT2D eigenvalue weighted by Gasteiger charge is -2.09. The minimum absolute atomic E-state index is 0.0254. The fourth-order valence-corrected chi connectivity index (χ4v) is 3.18. The molecule has 0 atom stereocenters. The molecular weight excluding hydrogens is 431 g/mol. The molecule has 0 saturated carbocycles. The van der Waals surface area contributed by atoms with Gasteiger partial charge < -0.3 is 19.2 Å². The number of amides is 3. The van der Waals surface area contributed by atoms with Crippen molar-refractivity contribution in [1.82, 2.24) is 10.2 Å². The highest BCUT2D eigenvalue weighted by atomic mass is 19.1. The van der Waals surface area contributed by atoms with Crippen molar-refractivity contribution >= 4 is 24.0 Å². The molecule has 0 radical (unpaired) electrons. The van der Waals surface area contributed by atoms with Gasteiger partial charge in [0.2, 0.25) is 5.76 Å². The van der Waals surface area contributed by atoms with E-state index in [1.165, 1.54) is 31.4 Å². The molecule has 0 spiro atoms. The van der Waals surface area contributed by atoms with Crippen molar-refractivity contribution < 1.29 is 32.7 Å². The zero-order valence-electron chi connectivity index (χ0n) is 17.5. The van der Waals surface area contributed by atoms with E-state index in [2.05, 4.69) is 10.1 Å². The summed E-state index contributed by atoms with van der Waals surface area (Å²) in [5.74, 6) is -0.853. The molecular formula is C24H19FN2O6. The number of carbonyl (C=O) groups excluding carboxylic acids is 3. The van der Waals surface area contributed by atoms with Crippen LogP contribution in [0, 0.1) is 5.82 Å². The van der Waals surface area contributed by atoms with Crippen LogP contribution >= 0.6 is 0 Å². The number of carbonyl (C=O) groups is 3. The lowest BCUT2D eigenvalue weighted by molar-refractivity contribution is -0.123.